The molecule has 1 heterocycles. The average molecular weight is 366 g/mol. The van der Waals surface area contributed by atoms with Gasteiger partial charge in [-0.25, -0.2) is 19.8 Å². The van der Waals surface area contributed by atoms with Gasteiger partial charge in [0, 0.05) is 0 Å². The molecule has 1 rings (SSSR count). The Morgan fingerprint density at radius 1 is 1.45 bits per heavy atom. The lowest BCUT2D eigenvalue weighted by atomic mass is 10.2. The highest BCUT2D eigenvalue weighted by atomic mass is 79.9. The minimum absolute atomic E-state index is 0.299. The van der Waals surface area contributed by atoms with E-state index in [1.165, 1.54) is 0 Å². The maximum atomic E-state index is 12.3. The summed E-state index contributed by atoms with van der Waals surface area (Å²) in [6.45, 7) is 6.04. The quantitative estimate of drug-likeness (QED) is 0.887. The van der Waals surface area contributed by atoms with Gasteiger partial charge in [0.25, 0.3) is 0 Å². The van der Waals surface area contributed by atoms with Crippen LogP contribution in [0.25, 0.3) is 0 Å². The number of amides is 1. The second kappa shape index (κ2) is 6.39. The van der Waals surface area contributed by atoms with E-state index >= 15 is 0 Å². The Balaban J connectivity index is 2.82. The molecule has 0 aliphatic rings. The summed E-state index contributed by atoms with van der Waals surface area (Å²) in [7, 11) is -0.866. The maximum absolute atomic E-state index is 12.3. The third-order valence-corrected chi connectivity index (χ3v) is 3.62. The van der Waals surface area contributed by atoms with Crippen molar-refractivity contribution < 1.29 is 9.53 Å². The number of nitrogens with zero attached hydrogens (tertiary/aromatic N) is 2. The van der Waals surface area contributed by atoms with Crippen molar-refractivity contribution in [2.24, 2.45) is 0 Å². The molecule has 1 aromatic heterocycles. The lowest BCUT2D eigenvalue weighted by Crippen LogP contribution is -2.38. The normalized spacial score (nSPS) is 13.2. The second-order valence-electron chi connectivity index (χ2n) is 6.58. The van der Waals surface area contributed by atoms with Gasteiger partial charge < -0.3 is 9.72 Å². The van der Waals surface area contributed by atoms with E-state index in [-0.39, 0.29) is 6.09 Å². The van der Waals surface area contributed by atoms with E-state index in [4.69, 9.17) is 4.74 Å². The molecule has 0 atom stereocenters. The summed E-state index contributed by atoms with van der Waals surface area (Å²) in [5.41, 5.74) is -0.494. The van der Waals surface area contributed by atoms with Crippen molar-refractivity contribution in [2.75, 3.05) is 24.6 Å². The molecule has 0 radical (unpaired) electrons. The van der Waals surface area contributed by atoms with Crippen molar-refractivity contribution >= 4 is 32.1 Å². The SMILES string of the molecule is CC(C)(C)OC(=O)N(Cc1ncc(Br)[nH]1)CS(C)(C)C. The first-order chi connectivity index (χ1) is 8.96. The van der Waals surface area contributed by atoms with Crippen LogP contribution in [0.1, 0.15) is 26.6 Å². The Bertz CT molecular complexity index is 463. The highest BCUT2D eigenvalue weighted by molar-refractivity contribution is 9.10. The van der Waals surface area contributed by atoms with Gasteiger partial charge in [0.2, 0.25) is 0 Å². The monoisotopic (exact) mass is 365 g/mol. The fourth-order valence-electron chi connectivity index (χ4n) is 1.56. The molecule has 0 spiro atoms. The molecular formula is C13H24BrN3O2S. The fraction of sp³-hybridized carbons (Fsp3) is 0.692. The van der Waals surface area contributed by atoms with Crippen molar-refractivity contribution in [3.8, 4) is 0 Å². The average Bonchev–Trinajstić information content (AvgIpc) is 2.58. The number of aromatic nitrogens is 2. The smallest absolute Gasteiger partial charge is 0.411 e. The molecule has 0 aliphatic heterocycles. The van der Waals surface area contributed by atoms with Gasteiger partial charge in [-0.2, -0.15) is 0 Å². The van der Waals surface area contributed by atoms with Crippen molar-refractivity contribution in [1.82, 2.24) is 14.9 Å². The van der Waals surface area contributed by atoms with Gasteiger partial charge in [-0.05, 0) is 55.5 Å². The summed E-state index contributed by atoms with van der Waals surface area (Å²) in [6.07, 6.45) is 7.90. The van der Waals surface area contributed by atoms with Crippen LogP contribution in [-0.2, 0) is 11.3 Å². The minimum Gasteiger partial charge on any atom is -0.444 e. The van der Waals surface area contributed by atoms with Gasteiger partial charge in [-0.1, -0.05) is 0 Å². The van der Waals surface area contributed by atoms with Gasteiger partial charge in [0.15, 0.2) is 0 Å². The van der Waals surface area contributed by atoms with Crippen LogP contribution in [0.5, 0.6) is 0 Å². The van der Waals surface area contributed by atoms with E-state index in [0.29, 0.717) is 12.4 Å². The molecular weight excluding hydrogens is 342 g/mol. The summed E-state index contributed by atoms with van der Waals surface area (Å²) < 4.78 is 6.28. The van der Waals surface area contributed by atoms with Crippen LogP contribution >= 0.6 is 26.0 Å². The number of hydrogen-bond acceptors (Lipinski definition) is 3. The fourth-order valence-corrected chi connectivity index (χ4v) is 3.02. The molecule has 20 heavy (non-hydrogen) atoms. The summed E-state index contributed by atoms with van der Waals surface area (Å²) in [4.78, 5) is 21.3. The summed E-state index contributed by atoms with van der Waals surface area (Å²) in [5, 5.41) is 0. The number of imidazole rings is 1. The molecule has 1 aromatic rings. The zero-order chi connectivity index (χ0) is 15.6. The van der Waals surface area contributed by atoms with Gasteiger partial charge >= 0.3 is 6.09 Å². The number of hydrogen-bond donors (Lipinski definition) is 1. The number of nitrogens with one attached hydrogen (secondary N) is 1. The molecule has 7 heteroatoms. The second-order valence-corrected chi connectivity index (χ2v) is 11.9. The highest BCUT2D eigenvalue weighted by Crippen LogP contribution is 2.36. The number of carbonyl (C=O) groups excluding carboxylic acids is 1. The Kier molecular flexibility index (Phi) is 5.54. The van der Waals surface area contributed by atoms with Crippen molar-refractivity contribution in [3.05, 3.63) is 16.6 Å². The number of rotatable bonds is 4. The Labute approximate surface area is 130 Å². The minimum atomic E-state index is -0.866. The van der Waals surface area contributed by atoms with Gasteiger partial charge in [-0.15, -0.1) is 0 Å². The number of ether oxygens (including phenoxy) is 1. The first-order valence-electron chi connectivity index (χ1n) is 6.29. The molecule has 0 saturated heterocycles. The van der Waals surface area contributed by atoms with Crippen LogP contribution in [-0.4, -0.2) is 51.2 Å². The largest absolute Gasteiger partial charge is 0.444 e. The zero-order valence-electron chi connectivity index (χ0n) is 13.0. The van der Waals surface area contributed by atoms with Gasteiger partial charge in [0.05, 0.1) is 18.6 Å². The highest BCUT2D eigenvalue weighted by Gasteiger charge is 2.25. The summed E-state index contributed by atoms with van der Waals surface area (Å²) in [6, 6.07) is 0. The lowest BCUT2D eigenvalue weighted by molar-refractivity contribution is 0.0267. The maximum Gasteiger partial charge on any atom is 0.411 e. The summed E-state index contributed by atoms with van der Waals surface area (Å²) >= 11 is 3.32. The van der Waals surface area contributed by atoms with Crippen LogP contribution in [0.4, 0.5) is 4.79 Å². The van der Waals surface area contributed by atoms with E-state index in [2.05, 4.69) is 44.7 Å². The molecule has 1 amide bonds. The third kappa shape index (κ3) is 6.65. The Morgan fingerprint density at radius 3 is 2.45 bits per heavy atom. The van der Waals surface area contributed by atoms with Gasteiger partial charge in [0.1, 0.15) is 16.0 Å². The van der Waals surface area contributed by atoms with Crippen LogP contribution in [0, 0.1) is 0 Å². The van der Waals surface area contributed by atoms with Crippen LogP contribution < -0.4 is 0 Å². The standard InChI is InChI=1S/C13H24BrN3O2S/c1-13(2,3)19-12(18)17(9-20(4,5)6)8-11-15-7-10(14)16-11/h7H,8-9H2,1-6H3,(H,15,16). The number of halogens is 1. The van der Waals surface area contributed by atoms with Crippen LogP contribution in [0.15, 0.2) is 10.8 Å². The lowest BCUT2D eigenvalue weighted by Gasteiger charge is -2.34. The topological polar surface area (TPSA) is 58.2 Å². The molecule has 0 bridgehead atoms. The molecule has 5 nitrogen and oxygen atoms in total. The Morgan fingerprint density at radius 2 is 2.05 bits per heavy atom. The van der Waals surface area contributed by atoms with Crippen LogP contribution in [0.2, 0.25) is 0 Å². The Hall–Kier alpha value is -0.690. The molecule has 116 valence electrons. The molecule has 1 N–H and O–H groups in total. The summed E-state index contributed by atoms with van der Waals surface area (Å²) in [5.74, 6) is 1.42. The van der Waals surface area contributed by atoms with Crippen molar-refractivity contribution in [2.45, 2.75) is 32.9 Å². The first kappa shape index (κ1) is 17.4. The predicted octanol–water partition coefficient (Wildman–Crippen LogP) is 3.56. The molecule has 0 aliphatic carbocycles. The van der Waals surface area contributed by atoms with E-state index in [1.54, 1.807) is 11.1 Å². The van der Waals surface area contributed by atoms with Crippen LogP contribution in [0.3, 0.4) is 0 Å². The molecule has 0 saturated carbocycles. The number of carbonyl (C=O) groups is 1. The predicted molar refractivity (Wildman–Crippen MR) is 88.3 cm³/mol. The van der Waals surface area contributed by atoms with E-state index in [1.807, 2.05) is 20.8 Å². The van der Waals surface area contributed by atoms with Crippen molar-refractivity contribution in [1.29, 1.82) is 0 Å². The van der Waals surface area contributed by atoms with E-state index in [0.717, 1.165) is 10.4 Å². The third-order valence-electron chi connectivity index (χ3n) is 2.13. The van der Waals surface area contributed by atoms with Gasteiger partial charge in [-0.3, -0.25) is 4.90 Å². The molecule has 0 fully saturated rings. The van der Waals surface area contributed by atoms with E-state index < -0.39 is 15.6 Å². The number of aromatic amines is 1. The molecule has 0 aromatic carbocycles. The number of H-pyrrole nitrogens is 1. The zero-order valence-corrected chi connectivity index (χ0v) is 15.4. The van der Waals surface area contributed by atoms with E-state index in [9.17, 15) is 4.79 Å². The molecule has 0 unspecified atom stereocenters. The van der Waals surface area contributed by atoms with Crippen molar-refractivity contribution in [3.63, 3.8) is 0 Å². The first-order valence-corrected chi connectivity index (χ1v) is 10.1.